The summed E-state index contributed by atoms with van der Waals surface area (Å²) in [6.07, 6.45) is 1.88. The van der Waals surface area contributed by atoms with Crippen LogP contribution in [0.25, 0.3) is 11.3 Å². The minimum atomic E-state index is 0.619. The van der Waals surface area contributed by atoms with Gasteiger partial charge in [0.25, 0.3) is 0 Å². The molecule has 1 N–H and O–H groups in total. The van der Waals surface area contributed by atoms with E-state index in [1.54, 1.807) is 0 Å². The molecule has 0 aliphatic carbocycles. The third kappa shape index (κ3) is 4.72. The second-order valence-electron chi connectivity index (χ2n) is 8.90. The molecule has 1 aromatic heterocycles. The van der Waals surface area contributed by atoms with E-state index in [0.29, 0.717) is 6.54 Å². The maximum Gasteiger partial charge on any atom is 0.206 e. The predicted octanol–water partition coefficient (Wildman–Crippen LogP) is 6.98. The summed E-state index contributed by atoms with van der Waals surface area (Å²) in [7, 11) is 2.05. The average molecular weight is 466 g/mol. The SMILES string of the molecule is C=C(C)c1cc(C)cnc1NCc1cccc2c1N=C(N1Cc3ccccc3C1)N(C)C2=C.CC. The van der Waals surface area contributed by atoms with Gasteiger partial charge in [-0.15, -0.1) is 0 Å². The van der Waals surface area contributed by atoms with Crippen molar-refractivity contribution in [3.8, 4) is 0 Å². The summed E-state index contributed by atoms with van der Waals surface area (Å²) in [5.74, 6) is 1.78. The largest absolute Gasteiger partial charge is 0.365 e. The van der Waals surface area contributed by atoms with Gasteiger partial charge in [-0.05, 0) is 47.7 Å². The molecule has 5 rings (SSSR count). The fourth-order valence-corrected chi connectivity index (χ4v) is 4.55. The number of nitrogens with zero attached hydrogens (tertiary/aromatic N) is 4. The van der Waals surface area contributed by atoms with Crippen molar-refractivity contribution in [3.63, 3.8) is 0 Å². The fraction of sp³-hybridized carbons (Fsp3) is 0.267. The smallest absolute Gasteiger partial charge is 0.206 e. The Morgan fingerprint density at radius 1 is 1.06 bits per heavy atom. The number of para-hydroxylation sites is 1. The molecule has 2 aromatic carbocycles. The number of aromatic nitrogens is 1. The van der Waals surface area contributed by atoms with E-state index >= 15 is 0 Å². The number of nitrogens with one attached hydrogen (secondary N) is 1. The van der Waals surface area contributed by atoms with Crippen LogP contribution in [0.1, 0.15) is 54.2 Å². The van der Waals surface area contributed by atoms with Gasteiger partial charge >= 0.3 is 0 Å². The molecule has 2 aliphatic heterocycles. The number of fused-ring (bicyclic) bond motifs is 2. The Balaban J connectivity index is 0.00000141. The number of rotatable bonds is 4. The summed E-state index contributed by atoms with van der Waals surface area (Å²) in [6, 6.07) is 17.0. The van der Waals surface area contributed by atoms with E-state index in [9.17, 15) is 0 Å². The van der Waals surface area contributed by atoms with E-state index in [0.717, 1.165) is 64.1 Å². The van der Waals surface area contributed by atoms with Gasteiger partial charge < -0.3 is 15.1 Å². The minimum Gasteiger partial charge on any atom is -0.365 e. The summed E-state index contributed by atoms with van der Waals surface area (Å²) >= 11 is 0. The molecular weight excluding hydrogens is 430 g/mol. The summed E-state index contributed by atoms with van der Waals surface area (Å²) in [5, 5.41) is 3.51. The molecule has 180 valence electrons. The highest BCUT2D eigenvalue weighted by atomic mass is 15.4. The van der Waals surface area contributed by atoms with Gasteiger partial charge in [0, 0.05) is 49.7 Å². The standard InChI is InChI=1S/C28H29N5.C2H6/c1-18(2)25-13-19(3)14-29-27(25)30-15-21-11-8-12-24-20(4)32(5)28(31-26(21)24)33-16-22-9-6-7-10-23(22)17-33;1-2/h6-14H,1,4,15-17H2,2-3,5H3,(H,29,30);1-2H3. The van der Waals surface area contributed by atoms with Crippen molar-refractivity contribution >= 4 is 28.7 Å². The van der Waals surface area contributed by atoms with Crippen molar-refractivity contribution in [2.24, 2.45) is 4.99 Å². The van der Waals surface area contributed by atoms with Gasteiger partial charge in [-0.2, -0.15) is 0 Å². The van der Waals surface area contributed by atoms with Crippen LogP contribution in [0.2, 0.25) is 0 Å². The number of allylic oxidation sites excluding steroid dienone is 1. The van der Waals surface area contributed by atoms with E-state index in [1.807, 2.05) is 40.9 Å². The van der Waals surface area contributed by atoms with Crippen molar-refractivity contribution in [1.82, 2.24) is 14.8 Å². The van der Waals surface area contributed by atoms with E-state index < -0.39 is 0 Å². The predicted molar refractivity (Wildman–Crippen MR) is 148 cm³/mol. The molecule has 0 amide bonds. The maximum absolute atomic E-state index is 5.16. The normalized spacial score (nSPS) is 14.0. The van der Waals surface area contributed by atoms with Crippen molar-refractivity contribution in [1.29, 1.82) is 0 Å². The van der Waals surface area contributed by atoms with Gasteiger partial charge in [0.05, 0.1) is 5.69 Å². The number of aryl methyl sites for hydroxylation is 1. The fourth-order valence-electron chi connectivity index (χ4n) is 4.55. The molecule has 0 atom stereocenters. The zero-order valence-corrected chi connectivity index (χ0v) is 21.5. The van der Waals surface area contributed by atoms with Crippen LogP contribution >= 0.6 is 0 Å². The number of pyridine rings is 1. The minimum absolute atomic E-state index is 0.619. The number of aliphatic imine (C=N–C) groups is 1. The lowest BCUT2D eigenvalue weighted by Crippen LogP contribution is -2.40. The first-order valence-corrected chi connectivity index (χ1v) is 12.2. The molecule has 5 heteroatoms. The van der Waals surface area contributed by atoms with Gasteiger partial charge in [-0.3, -0.25) is 0 Å². The lowest BCUT2D eigenvalue weighted by atomic mass is 10.0. The van der Waals surface area contributed by atoms with Crippen molar-refractivity contribution in [3.05, 3.63) is 101 Å². The molecule has 3 heterocycles. The van der Waals surface area contributed by atoms with Gasteiger partial charge in [0.15, 0.2) is 0 Å². The number of benzene rings is 2. The summed E-state index contributed by atoms with van der Waals surface area (Å²) < 4.78 is 0. The van der Waals surface area contributed by atoms with E-state index in [2.05, 4.69) is 81.8 Å². The highest BCUT2D eigenvalue weighted by Crippen LogP contribution is 2.38. The number of anilines is 1. The van der Waals surface area contributed by atoms with Crippen LogP contribution < -0.4 is 5.32 Å². The molecular formula is C30H35N5. The lowest BCUT2D eigenvalue weighted by Gasteiger charge is -2.34. The van der Waals surface area contributed by atoms with Gasteiger partial charge in [-0.1, -0.05) is 69.5 Å². The molecule has 5 nitrogen and oxygen atoms in total. The van der Waals surface area contributed by atoms with Crippen LogP contribution in [0.4, 0.5) is 11.5 Å². The van der Waals surface area contributed by atoms with Crippen LogP contribution in [0, 0.1) is 6.92 Å². The molecule has 0 spiro atoms. The van der Waals surface area contributed by atoms with E-state index in [4.69, 9.17) is 4.99 Å². The summed E-state index contributed by atoms with van der Waals surface area (Å²) in [5.41, 5.74) is 9.99. The van der Waals surface area contributed by atoms with Crippen molar-refractivity contribution in [2.75, 3.05) is 12.4 Å². The highest BCUT2D eigenvalue weighted by Gasteiger charge is 2.29. The first-order valence-electron chi connectivity index (χ1n) is 12.2. The second kappa shape index (κ2) is 10.2. The van der Waals surface area contributed by atoms with Crippen LogP contribution in [-0.2, 0) is 19.6 Å². The summed E-state index contributed by atoms with van der Waals surface area (Å²) in [6.45, 7) is 18.9. The van der Waals surface area contributed by atoms with Crippen LogP contribution in [0.15, 0.2) is 72.9 Å². The highest BCUT2D eigenvalue weighted by molar-refractivity contribution is 5.97. The van der Waals surface area contributed by atoms with E-state index in [1.165, 1.54) is 11.1 Å². The Kier molecular flexibility index (Phi) is 7.06. The number of hydrogen-bond donors (Lipinski definition) is 1. The van der Waals surface area contributed by atoms with E-state index in [-0.39, 0.29) is 0 Å². The molecule has 0 saturated heterocycles. The Morgan fingerprint density at radius 2 is 1.74 bits per heavy atom. The van der Waals surface area contributed by atoms with Gasteiger partial charge in [-0.25, -0.2) is 9.98 Å². The zero-order chi connectivity index (χ0) is 25.1. The average Bonchev–Trinajstić information content (AvgIpc) is 3.30. The molecule has 35 heavy (non-hydrogen) atoms. The zero-order valence-electron chi connectivity index (χ0n) is 21.5. The number of guanidine groups is 1. The lowest BCUT2D eigenvalue weighted by molar-refractivity contribution is 0.397. The van der Waals surface area contributed by atoms with Crippen LogP contribution in [0.3, 0.4) is 0 Å². The first kappa shape index (κ1) is 24.3. The molecule has 3 aromatic rings. The molecule has 0 unspecified atom stereocenters. The van der Waals surface area contributed by atoms with Crippen LogP contribution in [-0.4, -0.2) is 27.8 Å². The molecule has 0 radical (unpaired) electrons. The van der Waals surface area contributed by atoms with Crippen molar-refractivity contribution in [2.45, 2.75) is 47.3 Å². The molecule has 0 fully saturated rings. The topological polar surface area (TPSA) is 43.8 Å². The quantitative estimate of drug-likeness (QED) is 0.451. The Bertz CT molecular complexity index is 1280. The Hall–Kier alpha value is -3.86. The first-order chi connectivity index (χ1) is 16.9. The monoisotopic (exact) mass is 465 g/mol. The van der Waals surface area contributed by atoms with Gasteiger partial charge in [0.1, 0.15) is 5.82 Å². The third-order valence-electron chi connectivity index (χ3n) is 6.40. The second-order valence-corrected chi connectivity index (χ2v) is 8.90. The third-order valence-corrected chi connectivity index (χ3v) is 6.40. The molecule has 0 saturated carbocycles. The van der Waals surface area contributed by atoms with Crippen molar-refractivity contribution < 1.29 is 0 Å². The number of hydrogen-bond acceptors (Lipinski definition) is 5. The Labute approximate surface area is 209 Å². The molecule has 0 bridgehead atoms. The van der Waals surface area contributed by atoms with Gasteiger partial charge in [0.2, 0.25) is 5.96 Å². The molecule has 2 aliphatic rings. The maximum atomic E-state index is 5.16. The summed E-state index contributed by atoms with van der Waals surface area (Å²) in [4.78, 5) is 14.2. The van der Waals surface area contributed by atoms with Crippen LogP contribution in [0.5, 0.6) is 0 Å². The Morgan fingerprint density at radius 3 is 2.40 bits per heavy atom.